The van der Waals surface area contributed by atoms with Gasteiger partial charge in [-0.2, -0.15) is 0 Å². The molecule has 20 heavy (non-hydrogen) atoms. The summed E-state index contributed by atoms with van der Waals surface area (Å²) in [4.78, 5) is 11.8. The minimum absolute atomic E-state index is 0. The van der Waals surface area contributed by atoms with Gasteiger partial charge in [-0.15, -0.1) is 12.4 Å². The molecule has 2 rings (SSSR count). The summed E-state index contributed by atoms with van der Waals surface area (Å²) in [6, 6.07) is 7.84. The van der Waals surface area contributed by atoms with Crippen LogP contribution in [0.1, 0.15) is 32.3 Å². The van der Waals surface area contributed by atoms with E-state index in [0.29, 0.717) is 6.54 Å². The molecule has 1 aliphatic rings. The van der Waals surface area contributed by atoms with E-state index in [1.54, 1.807) is 0 Å². The Morgan fingerprint density at radius 1 is 1.40 bits per heavy atom. The van der Waals surface area contributed by atoms with Crippen molar-refractivity contribution in [2.45, 2.75) is 45.4 Å². The van der Waals surface area contributed by atoms with Crippen LogP contribution in [0.25, 0.3) is 0 Å². The first-order valence-corrected chi connectivity index (χ1v) is 6.92. The summed E-state index contributed by atoms with van der Waals surface area (Å²) in [7, 11) is 0. The highest BCUT2D eigenvalue weighted by atomic mass is 35.5. The van der Waals surface area contributed by atoms with Crippen LogP contribution in [0.5, 0.6) is 5.75 Å². The maximum atomic E-state index is 11.8. The van der Waals surface area contributed by atoms with Gasteiger partial charge >= 0.3 is 0 Å². The first-order chi connectivity index (χ1) is 9.15. The first-order valence-electron chi connectivity index (χ1n) is 6.92. The fourth-order valence-corrected chi connectivity index (χ4v) is 2.18. The van der Waals surface area contributed by atoms with E-state index in [9.17, 15) is 4.79 Å². The Bertz CT molecular complexity index is 414. The second kappa shape index (κ2) is 8.12. The Labute approximate surface area is 126 Å². The van der Waals surface area contributed by atoms with Gasteiger partial charge < -0.3 is 15.4 Å². The molecule has 0 spiro atoms. The van der Waals surface area contributed by atoms with Crippen LogP contribution in [0, 0.1) is 0 Å². The zero-order valence-electron chi connectivity index (χ0n) is 12.0. The smallest absolute Gasteiger partial charge is 0.237 e. The fourth-order valence-electron chi connectivity index (χ4n) is 2.18. The van der Waals surface area contributed by atoms with Crippen LogP contribution in [0.3, 0.4) is 0 Å². The van der Waals surface area contributed by atoms with E-state index in [1.165, 1.54) is 0 Å². The molecule has 1 atom stereocenters. The SMILES string of the molecule is CC(C)Oc1ccc(CNC(=O)C2CCCN2)cc1.Cl. The number of carbonyl (C=O) groups is 1. The van der Waals surface area contributed by atoms with Crippen molar-refractivity contribution in [2.24, 2.45) is 0 Å². The van der Waals surface area contributed by atoms with E-state index in [4.69, 9.17) is 4.74 Å². The highest BCUT2D eigenvalue weighted by molar-refractivity contribution is 5.85. The third-order valence-corrected chi connectivity index (χ3v) is 3.14. The Morgan fingerprint density at radius 2 is 2.10 bits per heavy atom. The Kier molecular flexibility index (Phi) is 6.82. The number of ether oxygens (including phenoxy) is 1. The van der Waals surface area contributed by atoms with Gasteiger partial charge in [0.15, 0.2) is 0 Å². The van der Waals surface area contributed by atoms with Gasteiger partial charge in [0.2, 0.25) is 5.91 Å². The van der Waals surface area contributed by atoms with Crippen LogP contribution >= 0.6 is 12.4 Å². The molecule has 1 saturated heterocycles. The Hall–Kier alpha value is -1.26. The van der Waals surface area contributed by atoms with E-state index in [0.717, 1.165) is 30.7 Å². The van der Waals surface area contributed by atoms with Crippen molar-refractivity contribution in [3.05, 3.63) is 29.8 Å². The molecule has 0 bridgehead atoms. The largest absolute Gasteiger partial charge is 0.491 e. The number of amides is 1. The molecule has 1 unspecified atom stereocenters. The molecule has 1 fully saturated rings. The number of carbonyl (C=O) groups excluding carboxylic acids is 1. The molecule has 1 aromatic carbocycles. The van der Waals surface area contributed by atoms with Crippen LogP contribution in [-0.4, -0.2) is 24.6 Å². The summed E-state index contributed by atoms with van der Waals surface area (Å²) in [6.07, 6.45) is 2.20. The van der Waals surface area contributed by atoms with Gasteiger partial charge in [0.05, 0.1) is 12.1 Å². The zero-order chi connectivity index (χ0) is 13.7. The number of nitrogens with one attached hydrogen (secondary N) is 2. The van der Waals surface area contributed by atoms with Gasteiger partial charge in [0.1, 0.15) is 5.75 Å². The van der Waals surface area contributed by atoms with Gasteiger partial charge in [-0.05, 0) is 50.9 Å². The van der Waals surface area contributed by atoms with E-state index in [2.05, 4.69) is 10.6 Å². The molecule has 2 N–H and O–H groups in total. The molecule has 0 aromatic heterocycles. The van der Waals surface area contributed by atoms with Crippen molar-refractivity contribution in [3.8, 4) is 5.75 Å². The molecule has 1 aliphatic heterocycles. The summed E-state index contributed by atoms with van der Waals surface area (Å²) < 4.78 is 5.58. The van der Waals surface area contributed by atoms with Gasteiger partial charge in [-0.1, -0.05) is 12.1 Å². The topological polar surface area (TPSA) is 50.4 Å². The summed E-state index contributed by atoms with van der Waals surface area (Å²) in [5, 5.41) is 6.15. The second-order valence-electron chi connectivity index (χ2n) is 5.18. The number of benzene rings is 1. The summed E-state index contributed by atoms with van der Waals surface area (Å²) in [6.45, 7) is 5.52. The van der Waals surface area contributed by atoms with Crippen molar-refractivity contribution in [2.75, 3.05) is 6.54 Å². The number of hydrogen-bond acceptors (Lipinski definition) is 3. The van der Waals surface area contributed by atoms with Crippen LogP contribution in [-0.2, 0) is 11.3 Å². The monoisotopic (exact) mass is 298 g/mol. The molecule has 0 radical (unpaired) electrons. The molecule has 1 amide bonds. The lowest BCUT2D eigenvalue weighted by Gasteiger charge is -2.12. The van der Waals surface area contributed by atoms with Crippen LogP contribution in [0.4, 0.5) is 0 Å². The minimum Gasteiger partial charge on any atom is -0.491 e. The zero-order valence-corrected chi connectivity index (χ0v) is 12.8. The number of hydrogen-bond donors (Lipinski definition) is 2. The maximum absolute atomic E-state index is 11.8. The lowest BCUT2D eigenvalue weighted by Crippen LogP contribution is -2.39. The predicted octanol–water partition coefficient (Wildman–Crippen LogP) is 2.26. The van der Waals surface area contributed by atoms with E-state index < -0.39 is 0 Å². The average Bonchev–Trinajstić information content (AvgIpc) is 2.91. The molecule has 1 aromatic rings. The van der Waals surface area contributed by atoms with Crippen molar-refractivity contribution in [1.82, 2.24) is 10.6 Å². The second-order valence-corrected chi connectivity index (χ2v) is 5.18. The molecule has 5 heteroatoms. The fraction of sp³-hybridized carbons (Fsp3) is 0.533. The van der Waals surface area contributed by atoms with E-state index >= 15 is 0 Å². The summed E-state index contributed by atoms with van der Waals surface area (Å²) >= 11 is 0. The molecular weight excluding hydrogens is 276 g/mol. The normalized spacial score (nSPS) is 17.6. The highest BCUT2D eigenvalue weighted by Gasteiger charge is 2.21. The summed E-state index contributed by atoms with van der Waals surface area (Å²) in [5.74, 6) is 0.961. The quantitative estimate of drug-likeness (QED) is 0.877. The molecule has 1 heterocycles. The average molecular weight is 299 g/mol. The standard InChI is InChI=1S/C15H22N2O2.ClH/c1-11(2)19-13-7-5-12(6-8-13)10-17-15(18)14-4-3-9-16-14;/h5-8,11,14,16H,3-4,9-10H2,1-2H3,(H,17,18);1H. The van der Waals surface area contributed by atoms with Gasteiger partial charge in [0, 0.05) is 6.54 Å². The minimum atomic E-state index is -0.0106. The lowest BCUT2D eigenvalue weighted by atomic mass is 10.2. The molecule has 0 aliphatic carbocycles. The highest BCUT2D eigenvalue weighted by Crippen LogP contribution is 2.14. The molecule has 112 valence electrons. The van der Waals surface area contributed by atoms with E-state index in [-0.39, 0.29) is 30.5 Å². The van der Waals surface area contributed by atoms with E-state index in [1.807, 2.05) is 38.1 Å². The van der Waals surface area contributed by atoms with Crippen LogP contribution in [0.2, 0.25) is 0 Å². The van der Waals surface area contributed by atoms with Crippen LogP contribution in [0.15, 0.2) is 24.3 Å². The number of halogens is 1. The molecular formula is C15H23ClN2O2. The maximum Gasteiger partial charge on any atom is 0.237 e. The predicted molar refractivity (Wildman–Crippen MR) is 82.3 cm³/mol. The summed E-state index contributed by atoms with van der Waals surface area (Å²) in [5.41, 5.74) is 1.09. The third-order valence-electron chi connectivity index (χ3n) is 3.14. The van der Waals surface area contributed by atoms with Crippen molar-refractivity contribution < 1.29 is 9.53 Å². The third kappa shape index (κ3) is 5.02. The van der Waals surface area contributed by atoms with Crippen LogP contribution < -0.4 is 15.4 Å². The lowest BCUT2D eigenvalue weighted by molar-refractivity contribution is -0.122. The van der Waals surface area contributed by atoms with Crippen molar-refractivity contribution in [1.29, 1.82) is 0 Å². The molecule has 0 saturated carbocycles. The Balaban J connectivity index is 0.00000200. The van der Waals surface area contributed by atoms with Gasteiger partial charge in [-0.3, -0.25) is 4.79 Å². The number of rotatable bonds is 5. The van der Waals surface area contributed by atoms with Crippen molar-refractivity contribution in [3.63, 3.8) is 0 Å². The first kappa shape index (κ1) is 16.8. The molecule has 4 nitrogen and oxygen atoms in total. The van der Waals surface area contributed by atoms with Gasteiger partial charge in [-0.25, -0.2) is 0 Å². The Morgan fingerprint density at radius 3 is 2.65 bits per heavy atom. The van der Waals surface area contributed by atoms with Gasteiger partial charge in [0.25, 0.3) is 0 Å². The van der Waals surface area contributed by atoms with Crippen molar-refractivity contribution >= 4 is 18.3 Å².